The van der Waals surface area contributed by atoms with Crippen LogP contribution < -0.4 is 31.9 Å². The van der Waals surface area contributed by atoms with Gasteiger partial charge in [0.1, 0.15) is 0 Å². The predicted octanol–water partition coefficient (Wildman–Crippen LogP) is 5.30. The second kappa shape index (κ2) is 13.9. The highest BCUT2D eigenvalue weighted by Crippen LogP contribution is 2.22. The molecule has 9 heteroatoms. The molecule has 0 aliphatic carbocycles. The molecular weight excluding hydrogens is 514 g/mol. The van der Waals surface area contributed by atoms with Crippen LogP contribution in [0.1, 0.15) is 49.7 Å². The Bertz CT molecular complexity index is 1450. The number of hydrogen-bond donors (Lipinski definition) is 5. The number of amides is 2. The van der Waals surface area contributed by atoms with Crippen LogP contribution >= 0.6 is 0 Å². The first-order valence-corrected chi connectivity index (χ1v) is 14.7. The fourth-order valence-electron chi connectivity index (χ4n) is 5.48. The number of imidazole rings is 1. The molecule has 4 aromatic rings. The molecule has 3 aromatic carbocycles. The molecule has 2 amide bonds. The molecule has 216 valence electrons. The minimum absolute atomic E-state index is 0.298. The first kappa shape index (κ1) is 28.3. The van der Waals surface area contributed by atoms with Crippen LogP contribution in [0.5, 0.6) is 0 Å². The number of benzene rings is 3. The zero-order chi connectivity index (χ0) is 28.4. The topological polar surface area (TPSA) is 122 Å². The molecule has 0 bridgehead atoms. The summed E-state index contributed by atoms with van der Waals surface area (Å²) in [5.41, 5.74) is 11.9. The molecule has 3 heterocycles. The summed E-state index contributed by atoms with van der Waals surface area (Å²) in [7, 11) is 0. The maximum absolute atomic E-state index is 12.2. The molecule has 0 spiro atoms. The molecule has 1 aromatic heterocycles. The molecular formula is C32H41N7O2. The summed E-state index contributed by atoms with van der Waals surface area (Å²) in [6.45, 7) is 5.73. The molecule has 0 unspecified atom stereocenters. The molecule has 9 nitrogen and oxygen atoms in total. The third kappa shape index (κ3) is 7.70. The number of fused-ring (bicyclic) bond motifs is 1. The van der Waals surface area contributed by atoms with E-state index in [0.29, 0.717) is 29.8 Å². The van der Waals surface area contributed by atoms with Gasteiger partial charge in [-0.2, -0.15) is 0 Å². The largest absolute Gasteiger partial charge is 0.372 e. The van der Waals surface area contributed by atoms with Crippen LogP contribution in [0.4, 0.5) is 21.9 Å². The van der Waals surface area contributed by atoms with E-state index in [9.17, 15) is 9.59 Å². The number of hydrogen-bond acceptors (Lipinski definition) is 5. The van der Waals surface area contributed by atoms with E-state index in [-0.39, 0.29) is 11.7 Å². The van der Waals surface area contributed by atoms with Crippen molar-refractivity contribution in [1.82, 2.24) is 15.3 Å². The first-order chi connectivity index (χ1) is 20.1. The Labute approximate surface area is 241 Å². The van der Waals surface area contributed by atoms with Gasteiger partial charge in [-0.05, 0) is 86.1 Å². The van der Waals surface area contributed by atoms with Crippen LogP contribution in [0.3, 0.4) is 0 Å². The lowest BCUT2D eigenvalue weighted by atomic mass is 10.1. The lowest BCUT2D eigenvalue weighted by Gasteiger charge is -2.28. The standard InChI is InChI=1S/C20H23N5O2.C12H18N2/c26-19(22-16-5-4-6-17-18(16)24-20(27)23-17)21-13-14-7-9-15(10-8-14)25-11-2-1-3-12-25;13-10-11-4-6-12(7-5-11)14-8-2-1-3-9-14/h4-10H,1-3,11-13H2,(H2,21,22,26)(H2,23,24,27);4-7H,1-3,8-10,13H2. The van der Waals surface area contributed by atoms with Crippen LogP contribution in [0.25, 0.3) is 11.0 Å². The number of anilines is 3. The van der Waals surface area contributed by atoms with Gasteiger partial charge in [0.2, 0.25) is 0 Å². The Hall–Kier alpha value is -4.24. The summed E-state index contributed by atoms with van der Waals surface area (Å²) >= 11 is 0. The number of urea groups is 1. The maximum atomic E-state index is 12.2. The normalized spacial score (nSPS) is 15.2. The molecule has 2 aliphatic rings. The zero-order valence-electron chi connectivity index (χ0n) is 23.6. The van der Waals surface area contributed by atoms with E-state index in [1.807, 2.05) is 0 Å². The number of carbonyl (C=O) groups is 1. The van der Waals surface area contributed by atoms with Crippen molar-refractivity contribution in [1.29, 1.82) is 0 Å². The SMILES string of the molecule is NCc1ccc(N2CCCCC2)cc1.O=C(NCc1ccc(N2CCCCC2)cc1)Nc1cccc2[nH]c(=O)[nH]c12. The van der Waals surface area contributed by atoms with Gasteiger partial charge in [-0.15, -0.1) is 0 Å². The number of aromatic nitrogens is 2. The summed E-state index contributed by atoms with van der Waals surface area (Å²) in [5.74, 6) is 0. The highest BCUT2D eigenvalue weighted by atomic mass is 16.2. The zero-order valence-corrected chi connectivity index (χ0v) is 23.6. The van der Waals surface area contributed by atoms with Crippen molar-refractivity contribution in [2.45, 2.75) is 51.6 Å². The van der Waals surface area contributed by atoms with E-state index in [2.05, 4.69) is 78.9 Å². The van der Waals surface area contributed by atoms with Gasteiger partial charge in [0.25, 0.3) is 0 Å². The Kier molecular flexibility index (Phi) is 9.59. The van der Waals surface area contributed by atoms with E-state index < -0.39 is 0 Å². The Morgan fingerprint density at radius 1 is 0.732 bits per heavy atom. The number of H-pyrrole nitrogens is 2. The van der Waals surface area contributed by atoms with Gasteiger partial charge < -0.3 is 36.1 Å². The third-order valence-corrected chi connectivity index (χ3v) is 7.80. The van der Waals surface area contributed by atoms with E-state index in [1.54, 1.807) is 18.2 Å². The van der Waals surface area contributed by atoms with Crippen molar-refractivity contribution in [3.8, 4) is 0 Å². The fraction of sp³-hybridized carbons (Fsp3) is 0.375. The Balaban J connectivity index is 0.000000202. The summed E-state index contributed by atoms with van der Waals surface area (Å²) in [6, 6.07) is 22.0. The number of aromatic amines is 2. The van der Waals surface area contributed by atoms with E-state index >= 15 is 0 Å². The number of nitrogens with one attached hydrogen (secondary N) is 4. The minimum atomic E-state index is -0.315. The second-order valence-corrected chi connectivity index (χ2v) is 10.7. The molecule has 2 aliphatic heterocycles. The quantitative estimate of drug-likeness (QED) is 0.221. The van der Waals surface area contributed by atoms with Crippen LogP contribution in [-0.4, -0.2) is 42.2 Å². The van der Waals surface area contributed by atoms with Gasteiger partial charge in [-0.1, -0.05) is 30.3 Å². The molecule has 41 heavy (non-hydrogen) atoms. The van der Waals surface area contributed by atoms with E-state index in [0.717, 1.165) is 18.7 Å². The number of nitrogens with two attached hydrogens (primary N) is 1. The highest BCUT2D eigenvalue weighted by molar-refractivity contribution is 5.98. The number of para-hydroxylation sites is 1. The van der Waals surface area contributed by atoms with Crippen molar-refractivity contribution in [3.05, 3.63) is 88.3 Å². The van der Waals surface area contributed by atoms with Crippen LogP contribution in [-0.2, 0) is 13.1 Å². The Morgan fingerprint density at radius 3 is 1.85 bits per heavy atom. The van der Waals surface area contributed by atoms with Crippen molar-refractivity contribution >= 4 is 34.1 Å². The van der Waals surface area contributed by atoms with Crippen LogP contribution in [0.15, 0.2) is 71.5 Å². The lowest BCUT2D eigenvalue weighted by molar-refractivity contribution is 0.252. The number of carbonyl (C=O) groups excluding carboxylic acids is 1. The van der Waals surface area contributed by atoms with E-state index in [4.69, 9.17) is 5.73 Å². The highest BCUT2D eigenvalue weighted by Gasteiger charge is 2.12. The first-order valence-electron chi connectivity index (χ1n) is 14.7. The van der Waals surface area contributed by atoms with Gasteiger partial charge in [0.15, 0.2) is 0 Å². The van der Waals surface area contributed by atoms with Gasteiger partial charge in [-0.25, -0.2) is 9.59 Å². The number of nitrogens with zero attached hydrogens (tertiary/aromatic N) is 2. The van der Waals surface area contributed by atoms with Gasteiger partial charge in [0.05, 0.1) is 16.7 Å². The molecule has 2 saturated heterocycles. The van der Waals surface area contributed by atoms with Gasteiger partial charge >= 0.3 is 11.7 Å². The summed E-state index contributed by atoms with van der Waals surface area (Å²) in [6.07, 6.45) is 7.87. The van der Waals surface area contributed by atoms with Crippen LogP contribution in [0.2, 0.25) is 0 Å². The molecule has 0 saturated carbocycles. The maximum Gasteiger partial charge on any atom is 0.323 e. The summed E-state index contributed by atoms with van der Waals surface area (Å²) in [5, 5.41) is 5.64. The molecule has 0 atom stereocenters. The van der Waals surface area contributed by atoms with Gasteiger partial charge in [-0.3, -0.25) is 0 Å². The smallest absolute Gasteiger partial charge is 0.323 e. The van der Waals surface area contributed by atoms with Crippen molar-refractivity contribution < 1.29 is 4.79 Å². The minimum Gasteiger partial charge on any atom is -0.372 e. The average molecular weight is 556 g/mol. The van der Waals surface area contributed by atoms with Crippen LogP contribution in [0, 0.1) is 0 Å². The lowest BCUT2D eigenvalue weighted by Crippen LogP contribution is -2.29. The van der Waals surface area contributed by atoms with Crippen molar-refractivity contribution in [3.63, 3.8) is 0 Å². The molecule has 0 radical (unpaired) electrons. The Morgan fingerprint density at radius 2 is 1.29 bits per heavy atom. The number of rotatable bonds is 6. The number of piperidine rings is 2. The van der Waals surface area contributed by atoms with E-state index in [1.165, 1.54) is 68.6 Å². The summed E-state index contributed by atoms with van der Waals surface area (Å²) < 4.78 is 0. The second-order valence-electron chi connectivity index (χ2n) is 10.7. The summed E-state index contributed by atoms with van der Waals surface area (Å²) in [4.78, 5) is 33.9. The molecule has 2 fully saturated rings. The molecule has 6 rings (SSSR count). The third-order valence-electron chi connectivity index (χ3n) is 7.80. The monoisotopic (exact) mass is 555 g/mol. The predicted molar refractivity (Wildman–Crippen MR) is 168 cm³/mol. The van der Waals surface area contributed by atoms with Gasteiger partial charge in [0, 0.05) is 50.6 Å². The fourth-order valence-corrected chi connectivity index (χ4v) is 5.48. The van der Waals surface area contributed by atoms with Crippen molar-refractivity contribution in [2.24, 2.45) is 5.73 Å². The average Bonchev–Trinajstić information content (AvgIpc) is 3.43. The van der Waals surface area contributed by atoms with Crippen molar-refractivity contribution in [2.75, 3.05) is 41.3 Å². The molecule has 6 N–H and O–H groups in total.